The van der Waals surface area contributed by atoms with Crippen molar-refractivity contribution in [2.75, 3.05) is 11.9 Å². The van der Waals surface area contributed by atoms with E-state index in [0.717, 1.165) is 24.3 Å². The Morgan fingerprint density at radius 1 is 0.750 bits per heavy atom. The molecule has 1 N–H and O–H groups in total. The maximum atomic E-state index is 15.2. The summed E-state index contributed by atoms with van der Waals surface area (Å²) in [4.78, 5) is 13.7. The van der Waals surface area contributed by atoms with Crippen molar-refractivity contribution in [1.82, 2.24) is 4.90 Å². The Morgan fingerprint density at radius 3 is 1.66 bits per heavy atom. The maximum absolute atomic E-state index is 15.2. The Hall–Kier alpha value is -3.34. The summed E-state index contributed by atoms with van der Waals surface area (Å²) in [7, 11) is 0. The van der Waals surface area contributed by atoms with Crippen LogP contribution in [0.15, 0.2) is 48.5 Å². The smallest absolute Gasteiger partial charge is 0.314 e. The molecule has 3 rings (SSSR count). The largest absolute Gasteiger partial charge is 0.460 e. The fraction of sp³-hybridized carbons (Fsp3) is 0.500. The number of carbonyl (C=O) groups excluding carboxylic acids is 1. The number of urea groups is 1. The normalized spacial score (nSPS) is 20.2. The number of hydrogen-bond donors (Lipinski definition) is 1. The number of rotatable bonds is 6. The van der Waals surface area contributed by atoms with Crippen LogP contribution >= 0.6 is 0 Å². The Bertz CT molecular complexity index is 1330. The summed E-state index contributed by atoms with van der Waals surface area (Å²) < 4.78 is 205. The molecule has 44 heavy (non-hydrogen) atoms. The van der Waals surface area contributed by atoms with Gasteiger partial charge in [0.15, 0.2) is 0 Å². The van der Waals surface area contributed by atoms with E-state index in [4.69, 9.17) is 0 Å². The monoisotopic (exact) mass is 662 g/mol. The Balaban J connectivity index is 2.19. The lowest BCUT2D eigenvalue weighted by Gasteiger charge is -2.43. The Kier molecular flexibility index (Phi) is 8.49. The fourth-order valence-corrected chi connectivity index (χ4v) is 5.16. The van der Waals surface area contributed by atoms with Gasteiger partial charge in [0.1, 0.15) is 0 Å². The zero-order valence-corrected chi connectivity index (χ0v) is 22.3. The highest BCUT2D eigenvalue weighted by atomic mass is 19.4. The average Bonchev–Trinajstić information content (AvgIpc) is 3.13. The predicted octanol–water partition coefficient (Wildman–Crippen LogP) is 9.74. The third-order valence-corrected chi connectivity index (χ3v) is 6.99. The Labute approximate surface area is 239 Å². The summed E-state index contributed by atoms with van der Waals surface area (Å²) in [6.45, 7) is 1.81. The van der Waals surface area contributed by atoms with Gasteiger partial charge in [-0.25, -0.2) is 4.79 Å². The SMILES string of the molecule is CC1(C)CN(C(=O)Nc2cc(C(F)(F)F)cc(C(F)(F)F)c2)C(CC(F)(F)C(F)(F)C(F)(F)C(F)(F)F)(c2ccccc2)C1. The highest BCUT2D eigenvalue weighted by Crippen LogP contribution is 2.59. The molecule has 0 radical (unpaired) electrons. The van der Waals surface area contributed by atoms with Crippen LogP contribution in [0.2, 0.25) is 0 Å². The van der Waals surface area contributed by atoms with Gasteiger partial charge in [-0.3, -0.25) is 0 Å². The molecule has 1 atom stereocenters. The van der Waals surface area contributed by atoms with Gasteiger partial charge in [-0.2, -0.15) is 65.9 Å². The van der Waals surface area contributed by atoms with Crippen LogP contribution in [0.3, 0.4) is 0 Å². The van der Waals surface area contributed by atoms with E-state index in [-0.39, 0.29) is 18.2 Å². The lowest BCUT2D eigenvalue weighted by atomic mass is 9.75. The molecule has 3 nitrogen and oxygen atoms in total. The number of carbonyl (C=O) groups is 1. The predicted molar refractivity (Wildman–Crippen MR) is 124 cm³/mol. The number of hydrogen-bond acceptors (Lipinski definition) is 1. The van der Waals surface area contributed by atoms with Crippen molar-refractivity contribution in [2.45, 2.75) is 68.5 Å². The van der Waals surface area contributed by atoms with Crippen molar-refractivity contribution in [3.63, 3.8) is 0 Å². The van der Waals surface area contributed by atoms with E-state index in [0.29, 0.717) is 4.90 Å². The molecule has 0 aromatic heterocycles. The molecule has 246 valence electrons. The van der Waals surface area contributed by atoms with E-state index in [1.807, 2.05) is 0 Å². The number of halogens is 15. The van der Waals surface area contributed by atoms with Crippen LogP contribution in [0, 0.1) is 5.41 Å². The molecule has 1 unspecified atom stereocenters. The third kappa shape index (κ3) is 6.39. The first-order chi connectivity index (χ1) is 19.6. The van der Waals surface area contributed by atoms with Crippen LogP contribution < -0.4 is 5.32 Å². The van der Waals surface area contributed by atoms with Crippen LogP contribution in [-0.2, 0) is 17.9 Å². The van der Waals surface area contributed by atoms with Gasteiger partial charge >= 0.3 is 42.3 Å². The number of amides is 2. The minimum absolute atomic E-state index is 0.0607. The van der Waals surface area contributed by atoms with Gasteiger partial charge in [-0.05, 0) is 35.6 Å². The van der Waals surface area contributed by atoms with Gasteiger partial charge < -0.3 is 10.2 Å². The van der Waals surface area contributed by atoms with E-state index >= 15 is 8.78 Å². The number of benzene rings is 2. The first-order valence-corrected chi connectivity index (χ1v) is 12.2. The molecule has 0 saturated carbocycles. The molecule has 2 amide bonds. The van der Waals surface area contributed by atoms with Gasteiger partial charge in [0.25, 0.3) is 0 Å². The molecule has 1 aliphatic heterocycles. The van der Waals surface area contributed by atoms with Crippen molar-refractivity contribution < 1.29 is 70.7 Å². The molecule has 0 aliphatic carbocycles. The molecule has 2 aromatic carbocycles. The maximum Gasteiger partial charge on any atom is 0.460 e. The molecule has 1 saturated heterocycles. The molecule has 0 spiro atoms. The van der Waals surface area contributed by atoms with Crippen LogP contribution in [0.25, 0.3) is 0 Å². The second kappa shape index (κ2) is 10.6. The van der Waals surface area contributed by atoms with Crippen LogP contribution in [0.4, 0.5) is 76.3 Å². The summed E-state index contributed by atoms with van der Waals surface area (Å²) in [5.74, 6) is -20.5. The third-order valence-electron chi connectivity index (χ3n) is 6.99. The molecule has 1 aliphatic rings. The molecule has 0 bridgehead atoms. The van der Waals surface area contributed by atoms with Crippen LogP contribution in [0.5, 0.6) is 0 Å². The minimum Gasteiger partial charge on any atom is -0.314 e. The zero-order valence-electron chi connectivity index (χ0n) is 22.3. The Morgan fingerprint density at radius 2 is 1.23 bits per heavy atom. The van der Waals surface area contributed by atoms with Crippen LogP contribution in [-0.4, -0.2) is 41.4 Å². The second-order valence-electron chi connectivity index (χ2n) is 11.1. The van der Waals surface area contributed by atoms with Crippen molar-refractivity contribution in [3.8, 4) is 0 Å². The summed E-state index contributed by atoms with van der Waals surface area (Å²) in [6, 6.07) is 3.56. The van der Waals surface area contributed by atoms with Crippen molar-refractivity contribution in [1.29, 1.82) is 0 Å². The lowest BCUT2D eigenvalue weighted by molar-refractivity contribution is -0.399. The lowest BCUT2D eigenvalue weighted by Crippen LogP contribution is -2.63. The fourth-order valence-electron chi connectivity index (χ4n) is 5.16. The quantitative estimate of drug-likeness (QED) is 0.307. The molecule has 1 fully saturated rings. The van der Waals surface area contributed by atoms with Gasteiger partial charge in [0.2, 0.25) is 0 Å². The highest BCUT2D eigenvalue weighted by Gasteiger charge is 2.82. The summed E-state index contributed by atoms with van der Waals surface area (Å²) in [6.07, 6.45) is -21.2. The van der Waals surface area contributed by atoms with Gasteiger partial charge in [-0.1, -0.05) is 44.2 Å². The first kappa shape index (κ1) is 35.1. The number of nitrogens with zero attached hydrogens (tertiary/aromatic N) is 1. The highest BCUT2D eigenvalue weighted by molar-refractivity contribution is 5.90. The molecule has 18 heteroatoms. The zero-order chi connectivity index (χ0) is 33.9. The van der Waals surface area contributed by atoms with Crippen molar-refractivity contribution in [3.05, 3.63) is 65.2 Å². The molecule has 2 aromatic rings. The topological polar surface area (TPSA) is 32.3 Å². The van der Waals surface area contributed by atoms with Crippen LogP contribution in [0.1, 0.15) is 43.4 Å². The van der Waals surface area contributed by atoms with Crippen molar-refractivity contribution in [2.24, 2.45) is 5.41 Å². The van der Waals surface area contributed by atoms with E-state index in [2.05, 4.69) is 0 Å². The van der Waals surface area contributed by atoms with Crippen molar-refractivity contribution >= 4 is 11.7 Å². The van der Waals surface area contributed by atoms with E-state index < -0.39 is 95.0 Å². The summed E-state index contributed by atoms with van der Waals surface area (Å²) >= 11 is 0. The van der Waals surface area contributed by atoms with E-state index in [1.54, 1.807) is 5.32 Å². The molecule has 1 heterocycles. The van der Waals surface area contributed by atoms with E-state index in [9.17, 15) is 61.9 Å². The standard InChI is InChI=1S/C26H21F15N2O/c1-19(2)11-20(14-6-4-3-5-7-14,12-21(27,28)24(35,36)25(37,38)26(39,40)41)43(13-19)18(44)42-17-9-15(22(29,30)31)8-16(10-17)23(32,33)34/h3-10H,11-13H2,1-2H3,(H,42,44). The summed E-state index contributed by atoms with van der Waals surface area (Å²) in [5.41, 5.74) is -9.61. The van der Waals surface area contributed by atoms with Gasteiger partial charge in [-0.15, -0.1) is 0 Å². The van der Waals surface area contributed by atoms with Gasteiger partial charge in [0, 0.05) is 18.7 Å². The summed E-state index contributed by atoms with van der Waals surface area (Å²) in [5, 5.41) is 1.68. The molecular formula is C26H21F15N2O. The first-order valence-electron chi connectivity index (χ1n) is 12.2. The number of anilines is 1. The molecular weight excluding hydrogens is 641 g/mol. The second-order valence-corrected chi connectivity index (χ2v) is 11.1. The number of alkyl halides is 15. The van der Waals surface area contributed by atoms with Gasteiger partial charge in [0.05, 0.1) is 16.7 Å². The average molecular weight is 662 g/mol. The minimum atomic E-state index is -7.26. The van der Waals surface area contributed by atoms with E-state index in [1.165, 1.54) is 19.9 Å². The number of likely N-dealkylation sites (tertiary alicyclic amines) is 1. The number of nitrogens with one attached hydrogen (secondary N) is 1.